The third-order valence-corrected chi connectivity index (χ3v) is 8.94. The number of hydrogen-bond acceptors (Lipinski definition) is 5. The van der Waals surface area contributed by atoms with E-state index < -0.39 is 10.0 Å². The lowest BCUT2D eigenvalue weighted by Gasteiger charge is -2.49. The number of nitrogens with one attached hydrogen (secondary N) is 1. The van der Waals surface area contributed by atoms with Crippen LogP contribution in [0.3, 0.4) is 0 Å². The summed E-state index contributed by atoms with van der Waals surface area (Å²) >= 11 is 12.8. The van der Waals surface area contributed by atoms with Crippen molar-refractivity contribution in [3.05, 3.63) is 15.4 Å². The van der Waals surface area contributed by atoms with Crippen LogP contribution in [0.4, 0.5) is 0 Å². The van der Waals surface area contributed by atoms with Crippen molar-refractivity contribution < 1.29 is 13.5 Å². The van der Waals surface area contributed by atoms with Gasteiger partial charge in [-0.15, -0.1) is 23.7 Å². The number of halogens is 3. The van der Waals surface area contributed by atoms with Crippen LogP contribution < -0.4 is 5.32 Å². The fraction of sp³-hybridized carbons (Fsp3) is 0.692. The summed E-state index contributed by atoms with van der Waals surface area (Å²) < 4.78 is 27.4. The first-order valence-corrected chi connectivity index (χ1v) is 10.2. The minimum absolute atomic E-state index is 0. The van der Waals surface area contributed by atoms with Crippen LogP contribution in [0.5, 0.6) is 0 Å². The lowest BCUT2D eigenvalue weighted by Crippen LogP contribution is -2.61. The summed E-state index contributed by atoms with van der Waals surface area (Å²) in [6.07, 6.45) is 2.61. The van der Waals surface area contributed by atoms with Crippen LogP contribution in [0.1, 0.15) is 19.3 Å². The van der Waals surface area contributed by atoms with Crippen molar-refractivity contribution in [2.75, 3.05) is 26.2 Å². The van der Waals surface area contributed by atoms with E-state index in [9.17, 15) is 13.5 Å². The normalized spacial score (nSPS) is 28.9. The van der Waals surface area contributed by atoms with Crippen molar-refractivity contribution in [3.8, 4) is 0 Å². The molecular weight excluding hydrogens is 403 g/mol. The Kier molecular flexibility index (Phi) is 6.29. The van der Waals surface area contributed by atoms with Gasteiger partial charge in [0, 0.05) is 24.5 Å². The Morgan fingerprint density at radius 1 is 1.43 bits per heavy atom. The van der Waals surface area contributed by atoms with Gasteiger partial charge >= 0.3 is 0 Å². The number of sulfonamides is 1. The Morgan fingerprint density at radius 3 is 2.78 bits per heavy atom. The highest BCUT2D eigenvalue weighted by Gasteiger charge is 2.46. The van der Waals surface area contributed by atoms with Gasteiger partial charge in [-0.1, -0.05) is 23.2 Å². The smallest absolute Gasteiger partial charge is 0.252 e. The average molecular weight is 422 g/mol. The molecule has 132 valence electrons. The number of thiophene rings is 1. The van der Waals surface area contributed by atoms with E-state index >= 15 is 0 Å². The molecule has 2 atom stereocenters. The summed E-state index contributed by atoms with van der Waals surface area (Å²) in [5, 5.41) is 13.4. The first kappa shape index (κ1) is 19.7. The van der Waals surface area contributed by atoms with E-state index in [0.717, 1.165) is 30.7 Å². The zero-order chi connectivity index (χ0) is 16.0. The molecule has 0 amide bonds. The molecule has 10 heteroatoms. The maximum atomic E-state index is 12.7. The Balaban J connectivity index is 0.00000192. The number of hydrogen-bond donors (Lipinski definition) is 2. The molecule has 3 rings (SSSR count). The van der Waals surface area contributed by atoms with E-state index in [1.165, 1.54) is 10.4 Å². The van der Waals surface area contributed by atoms with E-state index in [1.807, 2.05) is 0 Å². The standard InChI is InChI=1S/C13H18Cl2N2O3S2.ClH/c14-9-6-11(21-12(9)15)22(19,20)17-5-3-13(8-18)2-1-4-16-10(13)7-17;/h6,10,16,18H,1-5,7-8H2;1H/t10-,13-;/m1./s1. The SMILES string of the molecule is Cl.O=S(=O)(c1cc(Cl)c(Cl)s1)N1CC[C@@]2(CO)CCCN[C@@H]2C1. The molecule has 0 saturated carbocycles. The summed E-state index contributed by atoms with van der Waals surface area (Å²) in [4.78, 5) is 0. The van der Waals surface area contributed by atoms with Crippen LogP contribution in [0, 0.1) is 5.41 Å². The van der Waals surface area contributed by atoms with E-state index in [-0.39, 0.29) is 44.0 Å². The highest BCUT2D eigenvalue weighted by atomic mass is 35.5. The van der Waals surface area contributed by atoms with E-state index in [2.05, 4.69) is 5.32 Å². The van der Waals surface area contributed by atoms with Crippen LogP contribution in [-0.4, -0.2) is 50.1 Å². The minimum Gasteiger partial charge on any atom is -0.396 e. The van der Waals surface area contributed by atoms with Gasteiger partial charge in [-0.2, -0.15) is 4.31 Å². The van der Waals surface area contributed by atoms with Crippen molar-refractivity contribution in [1.29, 1.82) is 0 Å². The Bertz CT molecular complexity index is 648. The van der Waals surface area contributed by atoms with Gasteiger partial charge in [0.15, 0.2) is 0 Å². The average Bonchev–Trinajstić information content (AvgIpc) is 2.86. The second-order valence-electron chi connectivity index (χ2n) is 5.93. The Labute approximate surface area is 156 Å². The van der Waals surface area contributed by atoms with Gasteiger partial charge in [-0.25, -0.2) is 8.42 Å². The predicted octanol–water partition coefficient (Wildman–Crippen LogP) is 2.60. The van der Waals surface area contributed by atoms with Crippen LogP contribution >= 0.6 is 46.9 Å². The van der Waals surface area contributed by atoms with E-state index in [1.54, 1.807) is 0 Å². The van der Waals surface area contributed by atoms with Crippen LogP contribution in [0.25, 0.3) is 0 Å². The molecule has 1 aromatic heterocycles. The second kappa shape index (κ2) is 7.33. The van der Waals surface area contributed by atoms with Crippen molar-refractivity contribution in [2.45, 2.75) is 29.5 Å². The Morgan fingerprint density at radius 2 is 2.17 bits per heavy atom. The molecule has 2 saturated heterocycles. The largest absolute Gasteiger partial charge is 0.396 e. The van der Waals surface area contributed by atoms with Gasteiger partial charge < -0.3 is 10.4 Å². The molecule has 0 spiro atoms. The highest BCUT2D eigenvalue weighted by Crippen LogP contribution is 2.41. The van der Waals surface area contributed by atoms with Gasteiger partial charge in [0.05, 0.1) is 11.6 Å². The molecule has 2 N–H and O–H groups in total. The number of rotatable bonds is 3. The molecule has 5 nitrogen and oxygen atoms in total. The first-order chi connectivity index (χ1) is 10.4. The Hall–Kier alpha value is 0.400. The number of fused-ring (bicyclic) bond motifs is 1. The van der Waals surface area contributed by atoms with E-state index in [4.69, 9.17) is 23.2 Å². The third-order valence-electron chi connectivity index (χ3n) is 4.76. The molecule has 0 radical (unpaired) electrons. The van der Waals surface area contributed by atoms with Crippen molar-refractivity contribution >= 4 is 57.0 Å². The molecule has 3 heterocycles. The lowest BCUT2D eigenvalue weighted by molar-refractivity contribution is 0.00733. The van der Waals surface area contributed by atoms with Crippen molar-refractivity contribution in [3.63, 3.8) is 0 Å². The first-order valence-electron chi connectivity index (χ1n) is 7.18. The van der Waals surface area contributed by atoms with Gasteiger partial charge in [-0.05, 0) is 31.9 Å². The van der Waals surface area contributed by atoms with Crippen LogP contribution in [-0.2, 0) is 10.0 Å². The maximum absolute atomic E-state index is 12.7. The van der Waals surface area contributed by atoms with Gasteiger partial charge in [0.2, 0.25) is 0 Å². The molecular formula is C13H19Cl3N2O3S2. The van der Waals surface area contributed by atoms with Crippen LogP contribution in [0.2, 0.25) is 9.36 Å². The summed E-state index contributed by atoms with van der Waals surface area (Å²) in [6, 6.07) is 1.40. The molecule has 2 aliphatic rings. The topological polar surface area (TPSA) is 69.6 Å². The molecule has 0 aliphatic carbocycles. The molecule has 23 heavy (non-hydrogen) atoms. The lowest BCUT2D eigenvalue weighted by atomic mass is 9.70. The monoisotopic (exact) mass is 420 g/mol. The van der Waals surface area contributed by atoms with E-state index in [0.29, 0.717) is 19.5 Å². The molecule has 0 unspecified atom stereocenters. The summed E-state index contributed by atoms with van der Waals surface area (Å²) in [7, 11) is -3.59. The number of nitrogens with zero attached hydrogens (tertiary/aromatic N) is 1. The summed E-state index contributed by atoms with van der Waals surface area (Å²) in [5.74, 6) is 0. The maximum Gasteiger partial charge on any atom is 0.252 e. The predicted molar refractivity (Wildman–Crippen MR) is 95.5 cm³/mol. The quantitative estimate of drug-likeness (QED) is 0.787. The third kappa shape index (κ3) is 3.53. The van der Waals surface area contributed by atoms with Gasteiger partial charge in [0.1, 0.15) is 8.55 Å². The molecule has 0 aromatic carbocycles. The molecule has 2 aliphatic heterocycles. The number of piperidine rings is 2. The zero-order valence-electron chi connectivity index (χ0n) is 12.3. The van der Waals surface area contributed by atoms with Crippen molar-refractivity contribution in [1.82, 2.24) is 9.62 Å². The van der Waals surface area contributed by atoms with Gasteiger partial charge in [0.25, 0.3) is 10.0 Å². The fourth-order valence-electron chi connectivity index (χ4n) is 3.37. The number of aliphatic hydroxyl groups excluding tert-OH is 1. The number of aliphatic hydroxyl groups is 1. The molecule has 2 fully saturated rings. The fourth-order valence-corrected chi connectivity index (χ4v) is 6.87. The second-order valence-corrected chi connectivity index (χ2v) is 10.2. The highest BCUT2D eigenvalue weighted by molar-refractivity contribution is 7.91. The zero-order valence-corrected chi connectivity index (χ0v) is 16.3. The minimum atomic E-state index is -3.59. The van der Waals surface area contributed by atoms with Crippen LogP contribution in [0.15, 0.2) is 10.3 Å². The molecule has 0 bridgehead atoms. The van der Waals surface area contributed by atoms with Gasteiger partial charge in [-0.3, -0.25) is 0 Å². The van der Waals surface area contributed by atoms with Crippen molar-refractivity contribution in [2.24, 2.45) is 5.41 Å². The summed E-state index contributed by atoms with van der Waals surface area (Å²) in [6.45, 7) is 1.73. The molecule has 1 aromatic rings. The summed E-state index contributed by atoms with van der Waals surface area (Å²) in [5.41, 5.74) is -0.199.